The average Bonchev–Trinajstić information content (AvgIpc) is 3.30. The highest BCUT2D eigenvalue weighted by molar-refractivity contribution is 5.85. The van der Waals surface area contributed by atoms with Crippen LogP contribution in [0, 0.1) is 10.1 Å². The van der Waals surface area contributed by atoms with Crippen LogP contribution in [0.15, 0.2) is 60.9 Å². The number of rotatable bonds is 6. The van der Waals surface area contributed by atoms with E-state index in [4.69, 9.17) is 10.8 Å². The van der Waals surface area contributed by atoms with Crippen LogP contribution in [0.4, 0.5) is 17.2 Å². The summed E-state index contributed by atoms with van der Waals surface area (Å²) in [4.78, 5) is 19.7. The van der Waals surface area contributed by atoms with Crippen LogP contribution in [-0.2, 0) is 0 Å². The first-order valence-electron chi connectivity index (χ1n) is 11.1. The van der Waals surface area contributed by atoms with Gasteiger partial charge in [0, 0.05) is 67.9 Å². The van der Waals surface area contributed by atoms with Crippen molar-refractivity contribution in [3.05, 3.63) is 71.0 Å². The summed E-state index contributed by atoms with van der Waals surface area (Å²) in [5, 5.41) is 24.5. The van der Waals surface area contributed by atoms with Gasteiger partial charge in [-0.1, -0.05) is 12.1 Å². The lowest BCUT2D eigenvalue weighted by Gasteiger charge is -2.35. The van der Waals surface area contributed by atoms with Crippen molar-refractivity contribution >= 4 is 35.2 Å². The summed E-state index contributed by atoms with van der Waals surface area (Å²) in [6.45, 7) is 4.66. The first kappa shape index (κ1) is 24.4. The van der Waals surface area contributed by atoms with Crippen molar-refractivity contribution in [1.82, 2.24) is 19.5 Å². The summed E-state index contributed by atoms with van der Waals surface area (Å²) in [7, 11) is 0. The molecule has 4 aromatic rings. The Bertz CT molecular complexity index is 1320. The zero-order chi connectivity index (χ0) is 23.7. The van der Waals surface area contributed by atoms with E-state index in [1.54, 1.807) is 29.0 Å². The van der Waals surface area contributed by atoms with Crippen LogP contribution in [-0.4, -0.2) is 68.9 Å². The van der Waals surface area contributed by atoms with Crippen molar-refractivity contribution in [2.75, 3.05) is 50.0 Å². The Morgan fingerprint density at radius 1 is 0.943 bits per heavy atom. The quantitative estimate of drug-likeness (QED) is 0.308. The molecule has 0 amide bonds. The Labute approximate surface area is 208 Å². The number of piperazine rings is 1. The van der Waals surface area contributed by atoms with Gasteiger partial charge in [0.2, 0.25) is 0 Å². The molecule has 3 N–H and O–H groups in total. The molecule has 1 aliphatic rings. The molecule has 1 saturated heterocycles. The summed E-state index contributed by atoms with van der Waals surface area (Å²) < 4.78 is 1.60. The molecule has 2 aromatic carbocycles. The van der Waals surface area contributed by atoms with Gasteiger partial charge in [-0.2, -0.15) is 9.61 Å². The fourth-order valence-corrected chi connectivity index (χ4v) is 4.36. The van der Waals surface area contributed by atoms with E-state index in [9.17, 15) is 10.1 Å². The van der Waals surface area contributed by atoms with Crippen LogP contribution < -0.4 is 10.6 Å². The molecule has 1 aliphatic heterocycles. The average molecular weight is 496 g/mol. The maximum absolute atomic E-state index is 10.9. The molecule has 0 radical (unpaired) electrons. The number of fused-ring (bicyclic) bond motifs is 1. The number of nitrogens with two attached hydrogens (primary N) is 1. The van der Waals surface area contributed by atoms with Gasteiger partial charge in [-0.15, -0.1) is 12.4 Å². The number of aliphatic hydroxyl groups excluding tert-OH is 1. The molecule has 0 unspecified atom stereocenters. The largest absolute Gasteiger partial charge is 0.395 e. The number of aromatic nitrogens is 3. The normalized spacial score (nSPS) is 14.1. The number of non-ortho nitro benzene ring substituents is 1. The van der Waals surface area contributed by atoms with Crippen molar-refractivity contribution in [3.8, 4) is 22.3 Å². The Morgan fingerprint density at radius 3 is 2.20 bits per heavy atom. The summed E-state index contributed by atoms with van der Waals surface area (Å²) in [5.41, 5.74) is 11.5. The highest BCUT2D eigenvalue weighted by atomic mass is 35.5. The van der Waals surface area contributed by atoms with Gasteiger partial charge in [0.1, 0.15) is 5.82 Å². The summed E-state index contributed by atoms with van der Waals surface area (Å²) in [6, 6.07) is 14.5. The number of nitro benzene ring substituents is 1. The van der Waals surface area contributed by atoms with Crippen molar-refractivity contribution in [3.63, 3.8) is 0 Å². The van der Waals surface area contributed by atoms with E-state index in [0.717, 1.165) is 55.1 Å². The van der Waals surface area contributed by atoms with Crippen LogP contribution in [0.25, 0.3) is 27.9 Å². The lowest BCUT2D eigenvalue weighted by Crippen LogP contribution is -2.47. The summed E-state index contributed by atoms with van der Waals surface area (Å²) in [5.74, 6) is 0.419. The number of halogens is 1. The van der Waals surface area contributed by atoms with Crippen LogP contribution >= 0.6 is 12.4 Å². The lowest BCUT2D eigenvalue weighted by atomic mass is 10.1. The van der Waals surface area contributed by atoms with Gasteiger partial charge in [0.05, 0.1) is 17.7 Å². The third-order valence-corrected chi connectivity index (χ3v) is 6.29. The molecule has 1 fully saturated rings. The molecular formula is C24H26ClN7O3. The molecule has 2 aromatic heterocycles. The van der Waals surface area contributed by atoms with E-state index in [1.807, 2.05) is 0 Å². The Balaban J connectivity index is 0.00000289. The lowest BCUT2D eigenvalue weighted by molar-refractivity contribution is -0.384. The highest BCUT2D eigenvalue weighted by Crippen LogP contribution is 2.31. The fraction of sp³-hybridized carbons (Fsp3) is 0.250. The highest BCUT2D eigenvalue weighted by Gasteiger charge is 2.18. The molecule has 0 atom stereocenters. The van der Waals surface area contributed by atoms with Crippen LogP contribution in [0.2, 0.25) is 0 Å². The van der Waals surface area contributed by atoms with E-state index < -0.39 is 4.92 Å². The topological polar surface area (TPSA) is 126 Å². The first-order chi connectivity index (χ1) is 16.5. The molecule has 0 bridgehead atoms. The number of anilines is 2. The summed E-state index contributed by atoms with van der Waals surface area (Å²) >= 11 is 0. The predicted molar refractivity (Wildman–Crippen MR) is 138 cm³/mol. The molecule has 0 saturated carbocycles. The maximum atomic E-state index is 10.9. The van der Waals surface area contributed by atoms with Crippen molar-refractivity contribution in [1.29, 1.82) is 0 Å². The van der Waals surface area contributed by atoms with Gasteiger partial charge in [-0.3, -0.25) is 15.0 Å². The van der Waals surface area contributed by atoms with Crippen LogP contribution in [0.3, 0.4) is 0 Å². The molecule has 0 spiro atoms. The first-order valence-corrected chi connectivity index (χ1v) is 11.1. The molecule has 10 nitrogen and oxygen atoms in total. The fourth-order valence-electron chi connectivity index (χ4n) is 4.36. The second-order valence-electron chi connectivity index (χ2n) is 8.25. The number of nitrogen functional groups attached to an aromatic ring is 1. The molecule has 11 heteroatoms. The molecule has 5 rings (SSSR count). The van der Waals surface area contributed by atoms with Crippen molar-refractivity contribution < 1.29 is 10.0 Å². The number of aliphatic hydroxyl groups is 1. The van der Waals surface area contributed by atoms with Crippen molar-refractivity contribution in [2.24, 2.45) is 0 Å². The smallest absolute Gasteiger partial charge is 0.269 e. The van der Waals surface area contributed by atoms with E-state index in [-0.39, 0.29) is 24.7 Å². The number of hydrogen-bond acceptors (Lipinski definition) is 8. The minimum Gasteiger partial charge on any atom is -0.395 e. The minimum atomic E-state index is -0.434. The van der Waals surface area contributed by atoms with Gasteiger partial charge in [-0.05, 0) is 35.4 Å². The standard InChI is InChI=1S/C24H25N7O3.ClH/c25-23-21(17-3-7-20(8-4-17)31(33)34)15-26-24-22(16-27-30(23)24)18-1-5-19(6-2-18)29-11-9-28(10-12-29)13-14-32;/h1-8,15-16,32H,9-14,25H2;1H. The monoisotopic (exact) mass is 495 g/mol. The van der Waals surface area contributed by atoms with E-state index in [2.05, 4.69) is 44.1 Å². The summed E-state index contributed by atoms with van der Waals surface area (Å²) in [6.07, 6.45) is 3.43. The zero-order valence-electron chi connectivity index (χ0n) is 18.9. The van der Waals surface area contributed by atoms with Crippen LogP contribution in [0.5, 0.6) is 0 Å². The predicted octanol–water partition coefficient (Wildman–Crippen LogP) is 3.09. The molecule has 35 heavy (non-hydrogen) atoms. The molecule has 182 valence electrons. The van der Waals surface area contributed by atoms with Gasteiger partial charge in [0.15, 0.2) is 5.65 Å². The Kier molecular flexibility index (Phi) is 7.15. The molecule has 0 aliphatic carbocycles. The second-order valence-corrected chi connectivity index (χ2v) is 8.25. The number of hydrogen-bond donors (Lipinski definition) is 2. The number of nitro groups is 1. The van der Waals surface area contributed by atoms with Crippen molar-refractivity contribution in [2.45, 2.75) is 0 Å². The second kappa shape index (κ2) is 10.3. The van der Waals surface area contributed by atoms with Gasteiger partial charge in [0.25, 0.3) is 5.69 Å². The SMILES string of the molecule is Cl.Nc1c(-c2ccc([N+](=O)[O-])cc2)cnc2c(-c3ccc(N4CCN(CCO)CC4)cc3)cnn12. The van der Waals surface area contributed by atoms with E-state index in [1.165, 1.54) is 12.1 Å². The van der Waals surface area contributed by atoms with E-state index >= 15 is 0 Å². The van der Waals surface area contributed by atoms with Gasteiger partial charge in [-0.25, -0.2) is 4.98 Å². The number of benzene rings is 2. The van der Waals surface area contributed by atoms with E-state index in [0.29, 0.717) is 17.0 Å². The molecular weight excluding hydrogens is 470 g/mol. The maximum Gasteiger partial charge on any atom is 0.269 e. The Hall–Kier alpha value is -3.73. The Morgan fingerprint density at radius 2 is 1.57 bits per heavy atom. The van der Waals surface area contributed by atoms with Crippen LogP contribution in [0.1, 0.15) is 0 Å². The minimum absolute atomic E-state index is 0. The third kappa shape index (κ3) is 4.76. The third-order valence-electron chi connectivity index (χ3n) is 6.29. The molecule has 3 heterocycles. The van der Waals surface area contributed by atoms with Gasteiger partial charge >= 0.3 is 0 Å². The number of β-amino-alcohol motifs (C(OH)–C–C–N with tert-alkyl or cyclic N) is 1. The van der Waals surface area contributed by atoms with Gasteiger partial charge < -0.3 is 15.7 Å². The number of nitrogens with zero attached hydrogens (tertiary/aromatic N) is 6. The zero-order valence-corrected chi connectivity index (χ0v) is 19.8.